The molecule has 5 heteroatoms. The SMILES string of the molecule is CCCCC(CCC)Nc1nc2ccc(N)cc2c(=O)[nH]1. The van der Waals surface area contributed by atoms with E-state index in [4.69, 9.17) is 5.73 Å². The summed E-state index contributed by atoms with van der Waals surface area (Å²) in [4.78, 5) is 19.4. The van der Waals surface area contributed by atoms with Gasteiger partial charge in [0.15, 0.2) is 0 Å². The lowest BCUT2D eigenvalue weighted by Crippen LogP contribution is -2.23. The predicted octanol–water partition coefficient (Wildman–Crippen LogP) is 3.28. The Morgan fingerprint density at radius 2 is 2.10 bits per heavy atom. The molecular formula is C16H24N4O. The normalized spacial score (nSPS) is 12.5. The van der Waals surface area contributed by atoms with Crippen molar-refractivity contribution in [1.82, 2.24) is 9.97 Å². The third-order valence-corrected chi connectivity index (χ3v) is 3.61. The van der Waals surface area contributed by atoms with Crippen molar-refractivity contribution >= 4 is 22.5 Å². The number of rotatable bonds is 7. The summed E-state index contributed by atoms with van der Waals surface area (Å²) in [5, 5.41) is 3.89. The van der Waals surface area contributed by atoms with Crippen molar-refractivity contribution < 1.29 is 0 Å². The first-order valence-corrected chi connectivity index (χ1v) is 7.70. The van der Waals surface area contributed by atoms with Crippen LogP contribution in [0.25, 0.3) is 10.9 Å². The molecule has 0 aliphatic heterocycles. The Morgan fingerprint density at radius 3 is 2.81 bits per heavy atom. The summed E-state index contributed by atoms with van der Waals surface area (Å²) in [5.74, 6) is 0.548. The fraction of sp³-hybridized carbons (Fsp3) is 0.500. The second-order valence-electron chi connectivity index (χ2n) is 5.46. The molecule has 5 nitrogen and oxygen atoms in total. The van der Waals surface area contributed by atoms with Gasteiger partial charge >= 0.3 is 0 Å². The minimum Gasteiger partial charge on any atom is -0.399 e. The molecule has 4 N–H and O–H groups in total. The average Bonchev–Trinajstić information content (AvgIpc) is 2.46. The third kappa shape index (κ3) is 3.97. The molecule has 0 aliphatic rings. The maximum atomic E-state index is 12.1. The van der Waals surface area contributed by atoms with E-state index in [0.29, 0.717) is 28.6 Å². The molecule has 2 rings (SSSR count). The number of unbranched alkanes of at least 4 members (excludes halogenated alkanes) is 1. The van der Waals surface area contributed by atoms with E-state index < -0.39 is 0 Å². The summed E-state index contributed by atoms with van der Waals surface area (Å²) >= 11 is 0. The van der Waals surface area contributed by atoms with Gasteiger partial charge in [-0.2, -0.15) is 0 Å². The van der Waals surface area contributed by atoms with Crippen molar-refractivity contribution in [3.63, 3.8) is 0 Å². The summed E-state index contributed by atoms with van der Waals surface area (Å²) in [6.07, 6.45) is 5.61. The number of aromatic amines is 1. The molecule has 1 atom stereocenters. The summed E-state index contributed by atoms with van der Waals surface area (Å²) in [6, 6.07) is 5.56. The highest BCUT2D eigenvalue weighted by molar-refractivity contribution is 5.81. The van der Waals surface area contributed by atoms with Crippen LogP contribution in [0.4, 0.5) is 11.6 Å². The molecule has 0 bridgehead atoms. The molecule has 1 aromatic carbocycles. The van der Waals surface area contributed by atoms with Gasteiger partial charge in [-0.3, -0.25) is 9.78 Å². The van der Waals surface area contributed by atoms with Crippen molar-refractivity contribution in [2.75, 3.05) is 11.1 Å². The Morgan fingerprint density at radius 1 is 1.29 bits per heavy atom. The zero-order chi connectivity index (χ0) is 15.2. The molecule has 0 saturated heterocycles. The van der Waals surface area contributed by atoms with E-state index in [1.807, 2.05) is 0 Å². The largest absolute Gasteiger partial charge is 0.399 e. The van der Waals surface area contributed by atoms with E-state index in [9.17, 15) is 4.79 Å². The minimum absolute atomic E-state index is 0.152. The number of H-pyrrole nitrogens is 1. The Kier molecular flexibility index (Phi) is 5.20. The van der Waals surface area contributed by atoms with Gasteiger partial charge in [0.25, 0.3) is 5.56 Å². The summed E-state index contributed by atoms with van der Waals surface area (Å²) in [6.45, 7) is 4.35. The van der Waals surface area contributed by atoms with Crippen molar-refractivity contribution in [1.29, 1.82) is 0 Å². The number of nitrogens with one attached hydrogen (secondary N) is 2. The van der Waals surface area contributed by atoms with Crippen LogP contribution in [0.2, 0.25) is 0 Å². The van der Waals surface area contributed by atoms with Gasteiger partial charge in [-0.05, 0) is 31.0 Å². The number of nitrogens with zero attached hydrogens (tertiary/aromatic N) is 1. The molecule has 0 radical (unpaired) electrons. The van der Waals surface area contributed by atoms with Crippen LogP contribution in [0.15, 0.2) is 23.0 Å². The van der Waals surface area contributed by atoms with Gasteiger partial charge in [0, 0.05) is 11.7 Å². The van der Waals surface area contributed by atoms with Crippen molar-refractivity contribution in [3.8, 4) is 0 Å². The molecule has 1 heterocycles. The predicted molar refractivity (Wildman–Crippen MR) is 88.6 cm³/mol. The number of benzene rings is 1. The molecule has 0 fully saturated rings. The topological polar surface area (TPSA) is 83.8 Å². The average molecular weight is 288 g/mol. The lowest BCUT2D eigenvalue weighted by molar-refractivity contribution is 0.561. The molecule has 0 aliphatic carbocycles. The first kappa shape index (κ1) is 15.4. The molecule has 114 valence electrons. The van der Waals surface area contributed by atoms with Gasteiger partial charge in [-0.1, -0.05) is 33.1 Å². The Balaban J connectivity index is 2.25. The van der Waals surface area contributed by atoms with Gasteiger partial charge in [0.05, 0.1) is 10.9 Å². The van der Waals surface area contributed by atoms with Crippen molar-refractivity contribution in [2.24, 2.45) is 0 Å². The number of anilines is 2. The Labute approximate surface area is 125 Å². The highest BCUT2D eigenvalue weighted by Crippen LogP contribution is 2.15. The molecule has 0 saturated carbocycles. The van der Waals surface area contributed by atoms with E-state index >= 15 is 0 Å². The summed E-state index contributed by atoms with van der Waals surface area (Å²) in [7, 11) is 0. The number of aromatic nitrogens is 2. The Bertz CT molecular complexity index is 650. The second kappa shape index (κ2) is 7.11. The van der Waals surface area contributed by atoms with E-state index in [0.717, 1.165) is 19.3 Å². The van der Waals surface area contributed by atoms with Crippen molar-refractivity contribution in [2.45, 2.75) is 52.0 Å². The minimum atomic E-state index is -0.152. The number of hydrogen-bond acceptors (Lipinski definition) is 4. The van der Waals surface area contributed by atoms with E-state index in [-0.39, 0.29) is 5.56 Å². The maximum absolute atomic E-state index is 12.1. The highest BCUT2D eigenvalue weighted by atomic mass is 16.1. The smallest absolute Gasteiger partial charge is 0.260 e. The molecule has 2 aromatic rings. The highest BCUT2D eigenvalue weighted by Gasteiger charge is 2.10. The van der Waals surface area contributed by atoms with Crippen LogP contribution < -0.4 is 16.6 Å². The number of hydrogen-bond donors (Lipinski definition) is 3. The number of nitrogens with two attached hydrogens (primary N) is 1. The lowest BCUT2D eigenvalue weighted by Gasteiger charge is -2.18. The van der Waals surface area contributed by atoms with Gasteiger partial charge in [0.2, 0.25) is 5.95 Å². The van der Waals surface area contributed by atoms with Crippen LogP contribution >= 0.6 is 0 Å². The van der Waals surface area contributed by atoms with Gasteiger partial charge in [-0.25, -0.2) is 4.98 Å². The monoisotopic (exact) mass is 288 g/mol. The lowest BCUT2D eigenvalue weighted by atomic mass is 10.1. The van der Waals surface area contributed by atoms with Gasteiger partial charge in [-0.15, -0.1) is 0 Å². The maximum Gasteiger partial charge on any atom is 0.260 e. The van der Waals surface area contributed by atoms with Crippen LogP contribution in [0.5, 0.6) is 0 Å². The van der Waals surface area contributed by atoms with E-state index in [1.54, 1.807) is 18.2 Å². The molecule has 0 spiro atoms. The Hall–Kier alpha value is -2.04. The van der Waals surface area contributed by atoms with Gasteiger partial charge < -0.3 is 11.1 Å². The molecule has 1 aromatic heterocycles. The van der Waals surface area contributed by atoms with Crippen LogP contribution in [0.3, 0.4) is 0 Å². The molecular weight excluding hydrogens is 264 g/mol. The van der Waals surface area contributed by atoms with Crippen LogP contribution in [-0.2, 0) is 0 Å². The van der Waals surface area contributed by atoms with Crippen LogP contribution in [0, 0.1) is 0 Å². The molecule has 0 amide bonds. The zero-order valence-corrected chi connectivity index (χ0v) is 12.8. The van der Waals surface area contributed by atoms with Gasteiger partial charge in [0.1, 0.15) is 0 Å². The summed E-state index contributed by atoms with van der Waals surface area (Å²) in [5.41, 5.74) is 6.80. The zero-order valence-electron chi connectivity index (χ0n) is 12.8. The fourth-order valence-electron chi connectivity index (χ4n) is 2.51. The number of fused-ring (bicyclic) bond motifs is 1. The standard InChI is InChI=1S/C16H24N4O/c1-3-5-7-12(6-4-2)18-16-19-14-9-8-11(17)10-13(14)15(21)20-16/h8-10,12H,3-7,17H2,1-2H3,(H2,18,19,20,21). The quantitative estimate of drug-likeness (QED) is 0.683. The van der Waals surface area contributed by atoms with Crippen LogP contribution in [0.1, 0.15) is 46.0 Å². The van der Waals surface area contributed by atoms with Crippen molar-refractivity contribution in [3.05, 3.63) is 28.6 Å². The molecule has 1 unspecified atom stereocenters. The second-order valence-corrected chi connectivity index (χ2v) is 5.46. The summed E-state index contributed by atoms with van der Waals surface area (Å²) < 4.78 is 0. The molecule has 21 heavy (non-hydrogen) atoms. The first-order chi connectivity index (χ1) is 10.1. The first-order valence-electron chi connectivity index (χ1n) is 7.70. The van der Waals surface area contributed by atoms with Crippen LogP contribution in [-0.4, -0.2) is 16.0 Å². The fourth-order valence-corrected chi connectivity index (χ4v) is 2.51. The van der Waals surface area contributed by atoms with E-state index in [1.165, 1.54) is 12.8 Å². The number of nitrogen functional groups attached to an aromatic ring is 1. The van der Waals surface area contributed by atoms with E-state index in [2.05, 4.69) is 29.1 Å². The third-order valence-electron chi connectivity index (χ3n) is 3.61.